The summed E-state index contributed by atoms with van der Waals surface area (Å²) in [5, 5.41) is 2.77. The smallest absolute Gasteiger partial charge is 0.269 e. The molecule has 0 fully saturated rings. The molecule has 4 nitrogen and oxygen atoms in total. The van der Waals surface area contributed by atoms with Gasteiger partial charge in [0.25, 0.3) is 5.91 Å². The summed E-state index contributed by atoms with van der Waals surface area (Å²) in [6.45, 7) is 0.699. The van der Waals surface area contributed by atoms with Gasteiger partial charge in [0.1, 0.15) is 5.69 Å². The predicted molar refractivity (Wildman–Crippen MR) is 54.4 cm³/mol. The SMILES string of the molecule is Cn1cncc1C(=O)NCCI. The van der Waals surface area contributed by atoms with Crippen molar-refractivity contribution in [3.63, 3.8) is 0 Å². The predicted octanol–water partition coefficient (Wildman–Crippen LogP) is 0.585. The number of carbonyl (C=O) groups is 1. The van der Waals surface area contributed by atoms with Crippen molar-refractivity contribution >= 4 is 28.5 Å². The highest BCUT2D eigenvalue weighted by Crippen LogP contribution is 1.95. The maximum absolute atomic E-state index is 11.3. The molecule has 5 heteroatoms. The molecule has 1 rings (SSSR count). The van der Waals surface area contributed by atoms with E-state index >= 15 is 0 Å². The molecule has 0 aliphatic rings. The first-order valence-corrected chi connectivity index (χ1v) is 5.08. The summed E-state index contributed by atoms with van der Waals surface area (Å²) >= 11 is 2.21. The number of nitrogens with zero attached hydrogens (tertiary/aromatic N) is 2. The van der Waals surface area contributed by atoms with Crippen molar-refractivity contribution in [3.05, 3.63) is 18.2 Å². The first-order chi connectivity index (χ1) is 5.75. The molecular weight excluding hydrogens is 269 g/mol. The highest BCUT2D eigenvalue weighted by Gasteiger charge is 2.07. The van der Waals surface area contributed by atoms with Gasteiger partial charge in [-0.05, 0) is 0 Å². The standard InChI is InChI=1S/C7H10IN3O/c1-11-5-9-4-6(11)7(12)10-3-2-8/h4-5H,2-3H2,1H3,(H,10,12). The van der Waals surface area contributed by atoms with Crippen molar-refractivity contribution in [2.24, 2.45) is 7.05 Å². The molecule has 1 aromatic heterocycles. The van der Waals surface area contributed by atoms with Crippen LogP contribution in [0, 0.1) is 0 Å². The van der Waals surface area contributed by atoms with Gasteiger partial charge in [-0.25, -0.2) is 4.98 Å². The minimum Gasteiger partial charge on any atom is -0.350 e. The van der Waals surface area contributed by atoms with E-state index in [0.717, 1.165) is 4.43 Å². The molecule has 0 saturated carbocycles. The molecule has 0 radical (unpaired) electrons. The summed E-state index contributed by atoms with van der Waals surface area (Å²) in [6.07, 6.45) is 3.17. The van der Waals surface area contributed by atoms with Crippen molar-refractivity contribution in [1.29, 1.82) is 0 Å². The minimum absolute atomic E-state index is 0.0633. The number of amides is 1. The zero-order chi connectivity index (χ0) is 8.97. The molecule has 1 aromatic rings. The molecule has 0 bridgehead atoms. The zero-order valence-electron chi connectivity index (χ0n) is 6.75. The first kappa shape index (κ1) is 9.50. The molecule has 0 aromatic carbocycles. The molecule has 0 spiro atoms. The second-order valence-electron chi connectivity index (χ2n) is 2.33. The summed E-state index contributed by atoms with van der Waals surface area (Å²) in [5.41, 5.74) is 0.597. The Kier molecular flexibility index (Phi) is 3.51. The van der Waals surface area contributed by atoms with Crippen molar-refractivity contribution in [3.8, 4) is 0 Å². The lowest BCUT2D eigenvalue weighted by atomic mass is 10.4. The fourth-order valence-electron chi connectivity index (χ4n) is 0.827. The van der Waals surface area contributed by atoms with E-state index in [1.165, 1.54) is 0 Å². The van der Waals surface area contributed by atoms with E-state index in [1.54, 1.807) is 24.1 Å². The van der Waals surface area contributed by atoms with Gasteiger partial charge in [-0.15, -0.1) is 0 Å². The summed E-state index contributed by atoms with van der Waals surface area (Å²) in [6, 6.07) is 0. The number of aromatic nitrogens is 2. The van der Waals surface area contributed by atoms with Gasteiger partial charge in [0, 0.05) is 18.0 Å². The molecule has 1 amide bonds. The van der Waals surface area contributed by atoms with Gasteiger partial charge in [-0.3, -0.25) is 4.79 Å². The summed E-state index contributed by atoms with van der Waals surface area (Å²) in [7, 11) is 1.80. The highest BCUT2D eigenvalue weighted by atomic mass is 127. The van der Waals surface area contributed by atoms with Crippen LogP contribution >= 0.6 is 22.6 Å². The average Bonchev–Trinajstić information content (AvgIpc) is 2.47. The van der Waals surface area contributed by atoms with Gasteiger partial charge in [0.15, 0.2) is 0 Å². The van der Waals surface area contributed by atoms with Gasteiger partial charge >= 0.3 is 0 Å². The molecule has 0 aliphatic carbocycles. The Morgan fingerprint density at radius 2 is 2.58 bits per heavy atom. The highest BCUT2D eigenvalue weighted by molar-refractivity contribution is 14.1. The van der Waals surface area contributed by atoms with E-state index in [4.69, 9.17) is 0 Å². The Balaban J connectivity index is 2.59. The fraction of sp³-hybridized carbons (Fsp3) is 0.429. The topological polar surface area (TPSA) is 46.9 Å². The lowest BCUT2D eigenvalue weighted by Crippen LogP contribution is -2.26. The summed E-state index contributed by atoms with van der Waals surface area (Å²) in [5.74, 6) is -0.0633. The van der Waals surface area contributed by atoms with Gasteiger partial charge in [-0.1, -0.05) is 22.6 Å². The maximum Gasteiger partial charge on any atom is 0.269 e. The number of nitrogens with one attached hydrogen (secondary N) is 1. The van der Waals surface area contributed by atoms with Gasteiger partial charge < -0.3 is 9.88 Å². The fourth-order valence-corrected chi connectivity index (χ4v) is 1.10. The van der Waals surface area contributed by atoms with E-state index in [9.17, 15) is 4.79 Å². The number of hydrogen-bond donors (Lipinski definition) is 1. The summed E-state index contributed by atoms with van der Waals surface area (Å²) < 4.78 is 2.61. The first-order valence-electron chi connectivity index (χ1n) is 3.56. The molecule has 0 aliphatic heterocycles. The van der Waals surface area contributed by atoms with Crippen LogP contribution < -0.4 is 5.32 Å². The van der Waals surface area contributed by atoms with Crippen molar-refractivity contribution in [1.82, 2.24) is 14.9 Å². The monoisotopic (exact) mass is 279 g/mol. The van der Waals surface area contributed by atoms with E-state index in [0.29, 0.717) is 12.2 Å². The van der Waals surface area contributed by atoms with Crippen LogP contribution in [-0.2, 0) is 7.05 Å². The van der Waals surface area contributed by atoms with E-state index in [-0.39, 0.29) is 5.91 Å². The van der Waals surface area contributed by atoms with Gasteiger partial charge in [0.05, 0.1) is 12.5 Å². The normalized spacial score (nSPS) is 9.83. The number of halogens is 1. The Hall–Kier alpha value is -0.590. The molecule has 0 unspecified atom stereocenters. The minimum atomic E-state index is -0.0633. The second kappa shape index (κ2) is 4.44. The molecule has 1 heterocycles. The van der Waals surface area contributed by atoms with Crippen LogP contribution in [0.4, 0.5) is 0 Å². The number of aryl methyl sites for hydroxylation is 1. The van der Waals surface area contributed by atoms with Crippen LogP contribution in [0.15, 0.2) is 12.5 Å². The number of hydrogen-bond acceptors (Lipinski definition) is 2. The molecule has 1 N–H and O–H groups in total. The molecule has 0 saturated heterocycles. The van der Waals surface area contributed by atoms with Crippen molar-refractivity contribution < 1.29 is 4.79 Å². The largest absolute Gasteiger partial charge is 0.350 e. The average molecular weight is 279 g/mol. The maximum atomic E-state index is 11.3. The number of alkyl halides is 1. The Labute approximate surface area is 84.5 Å². The van der Waals surface area contributed by atoms with Crippen molar-refractivity contribution in [2.45, 2.75) is 0 Å². The number of rotatable bonds is 3. The van der Waals surface area contributed by atoms with Crippen LogP contribution in [0.25, 0.3) is 0 Å². The third kappa shape index (κ3) is 2.20. The lowest BCUT2D eigenvalue weighted by Gasteiger charge is -2.02. The zero-order valence-corrected chi connectivity index (χ0v) is 8.91. The van der Waals surface area contributed by atoms with Crippen molar-refractivity contribution in [2.75, 3.05) is 11.0 Å². The third-order valence-corrected chi connectivity index (χ3v) is 1.97. The van der Waals surface area contributed by atoms with Crippen LogP contribution in [0.1, 0.15) is 10.5 Å². The molecule has 66 valence electrons. The quantitative estimate of drug-likeness (QED) is 0.650. The van der Waals surface area contributed by atoms with E-state index < -0.39 is 0 Å². The van der Waals surface area contributed by atoms with Crippen LogP contribution in [0.5, 0.6) is 0 Å². The Bertz CT molecular complexity index is 271. The lowest BCUT2D eigenvalue weighted by molar-refractivity contribution is 0.0948. The molecule has 0 atom stereocenters. The van der Waals surface area contributed by atoms with Gasteiger partial charge in [-0.2, -0.15) is 0 Å². The number of carbonyl (C=O) groups excluding carboxylic acids is 1. The van der Waals surface area contributed by atoms with Crippen LogP contribution in [0.2, 0.25) is 0 Å². The van der Waals surface area contributed by atoms with Crippen LogP contribution in [0.3, 0.4) is 0 Å². The Morgan fingerprint density at radius 3 is 3.08 bits per heavy atom. The third-order valence-electron chi connectivity index (χ3n) is 1.43. The second-order valence-corrected chi connectivity index (χ2v) is 3.41. The van der Waals surface area contributed by atoms with E-state index in [1.807, 2.05) is 0 Å². The Morgan fingerprint density at radius 1 is 1.83 bits per heavy atom. The van der Waals surface area contributed by atoms with E-state index in [2.05, 4.69) is 32.9 Å². The van der Waals surface area contributed by atoms with Crippen LogP contribution in [-0.4, -0.2) is 26.4 Å². The molecule has 12 heavy (non-hydrogen) atoms. The summed E-state index contributed by atoms with van der Waals surface area (Å²) in [4.78, 5) is 15.2. The molecular formula is C7H10IN3O. The van der Waals surface area contributed by atoms with Gasteiger partial charge in [0.2, 0.25) is 0 Å². The number of imidazole rings is 1.